The number of aliphatic hydroxyl groups excluding tert-OH is 5. The number of aliphatic hydroxyl groups is 5. The molecule has 0 spiro atoms. The van der Waals surface area contributed by atoms with Crippen LogP contribution in [0.4, 0.5) is 0 Å². The number of unbranched alkanes of at least 4 members (excludes halogenated alkanes) is 22. The minimum atomic E-state index is -1.56. The molecule has 9 heteroatoms. The quantitative estimate of drug-likeness (QED) is 0.0328. The van der Waals surface area contributed by atoms with Gasteiger partial charge in [-0.25, -0.2) is 0 Å². The molecule has 6 N–H and O–H groups in total. The van der Waals surface area contributed by atoms with Gasteiger partial charge in [-0.05, 0) is 19.3 Å². The van der Waals surface area contributed by atoms with Gasteiger partial charge >= 0.3 is 0 Å². The van der Waals surface area contributed by atoms with Gasteiger partial charge in [-0.15, -0.1) is 0 Å². The zero-order chi connectivity index (χ0) is 35.2. The summed E-state index contributed by atoms with van der Waals surface area (Å²) < 4.78 is 11.1. The average molecular weight is 686 g/mol. The van der Waals surface area contributed by atoms with E-state index in [9.17, 15) is 30.3 Å². The summed E-state index contributed by atoms with van der Waals surface area (Å²) in [6.07, 6.45) is 25.4. The lowest BCUT2D eigenvalue weighted by atomic mass is 9.99. The molecule has 0 aromatic rings. The second-order valence-corrected chi connectivity index (χ2v) is 14.1. The minimum absolute atomic E-state index is 0.178. The average Bonchev–Trinajstić information content (AvgIpc) is 3.08. The van der Waals surface area contributed by atoms with Crippen LogP contribution >= 0.6 is 0 Å². The molecule has 0 saturated carbocycles. The Bertz CT molecular complexity index is 766. The van der Waals surface area contributed by atoms with Gasteiger partial charge in [0, 0.05) is 6.42 Å². The topological polar surface area (TPSA) is 149 Å². The highest BCUT2D eigenvalue weighted by Gasteiger charge is 2.44. The molecule has 9 nitrogen and oxygen atoms in total. The van der Waals surface area contributed by atoms with Crippen LogP contribution in [-0.4, -0.2) is 87.5 Å². The summed E-state index contributed by atoms with van der Waals surface area (Å²) >= 11 is 0. The Labute approximate surface area is 293 Å². The highest BCUT2D eigenvalue weighted by atomic mass is 16.7. The number of nitrogens with one attached hydrogen (secondary N) is 1. The van der Waals surface area contributed by atoms with E-state index in [1.54, 1.807) is 6.08 Å². The Hall–Kier alpha value is -1.07. The van der Waals surface area contributed by atoms with Crippen LogP contribution in [0.15, 0.2) is 12.2 Å². The highest BCUT2D eigenvalue weighted by molar-refractivity contribution is 5.76. The largest absolute Gasteiger partial charge is 0.394 e. The Morgan fingerprint density at radius 3 is 1.62 bits per heavy atom. The van der Waals surface area contributed by atoms with Crippen LogP contribution < -0.4 is 5.32 Å². The number of amides is 1. The maximum atomic E-state index is 12.8. The predicted molar refractivity (Wildman–Crippen MR) is 194 cm³/mol. The van der Waals surface area contributed by atoms with Crippen molar-refractivity contribution in [3.8, 4) is 0 Å². The molecule has 1 rings (SSSR count). The summed E-state index contributed by atoms with van der Waals surface area (Å²) in [4.78, 5) is 12.8. The fourth-order valence-electron chi connectivity index (χ4n) is 6.33. The third kappa shape index (κ3) is 21.9. The number of hydrogen-bond donors (Lipinski definition) is 6. The van der Waals surface area contributed by atoms with Crippen LogP contribution in [0.3, 0.4) is 0 Å². The number of allylic oxidation sites excluding steroid dienone is 1. The molecule has 0 bridgehead atoms. The van der Waals surface area contributed by atoms with Crippen molar-refractivity contribution < 1.29 is 39.8 Å². The Morgan fingerprint density at radius 2 is 1.15 bits per heavy atom. The first-order chi connectivity index (χ1) is 23.3. The summed E-state index contributed by atoms with van der Waals surface area (Å²) in [6.45, 7) is 3.73. The third-order valence-corrected chi connectivity index (χ3v) is 9.61. The van der Waals surface area contributed by atoms with Crippen molar-refractivity contribution in [1.29, 1.82) is 0 Å². The van der Waals surface area contributed by atoms with Crippen LogP contribution in [0, 0.1) is 0 Å². The molecule has 1 aliphatic heterocycles. The molecule has 1 aliphatic rings. The molecular weight excluding hydrogens is 610 g/mol. The number of ether oxygens (including phenoxy) is 2. The molecule has 7 atom stereocenters. The highest BCUT2D eigenvalue weighted by Crippen LogP contribution is 2.22. The lowest BCUT2D eigenvalue weighted by molar-refractivity contribution is -0.302. The van der Waals surface area contributed by atoms with Crippen LogP contribution in [0.5, 0.6) is 0 Å². The predicted octanol–water partition coefficient (Wildman–Crippen LogP) is 7.00. The first-order valence-electron chi connectivity index (χ1n) is 19.9. The standard InChI is InChI=1S/C39H75NO8/c1-3-5-7-9-11-13-14-15-16-17-18-19-21-23-25-27-29-35(43)40-32(33(42)28-26-24-22-20-12-10-8-6-4-2)31-47-39-38(46)37(45)36(44)34(30-41)48-39/h26,28,32-34,36-39,41-42,44-46H,3-25,27,29-31H2,1-2H3,(H,40,43)/b28-26+/t32-,33+,34+,36+,37?,38?,39+/m0/s1. The lowest BCUT2D eigenvalue weighted by Crippen LogP contribution is -2.60. The van der Waals surface area contributed by atoms with E-state index in [1.165, 1.54) is 116 Å². The monoisotopic (exact) mass is 686 g/mol. The smallest absolute Gasteiger partial charge is 0.220 e. The maximum Gasteiger partial charge on any atom is 0.220 e. The summed E-state index contributed by atoms with van der Waals surface area (Å²) in [6, 6.07) is -0.795. The third-order valence-electron chi connectivity index (χ3n) is 9.61. The molecule has 0 radical (unpaired) electrons. The van der Waals surface area contributed by atoms with Gasteiger partial charge in [0.25, 0.3) is 0 Å². The van der Waals surface area contributed by atoms with E-state index in [1.807, 2.05) is 6.08 Å². The van der Waals surface area contributed by atoms with Gasteiger partial charge in [-0.3, -0.25) is 4.79 Å². The fourth-order valence-corrected chi connectivity index (χ4v) is 6.33. The van der Waals surface area contributed by atoms with E-state index in [0.29, 0.717) is 6.42 Å². The van der Waals surface area contributed by atoms with Crippen LogP contribution in [0.2, 0.25) is 0 Å². The Kier molecular flexibility index (Phi) is 28.8. The normalized spacial score (nSPS) is 22.7. The molecule has 0 aromatic heterocycles. The maximum absolute atomic E-state index is 12.8. The zero-order valence-electron chi connectivity index (χ0n) is 30.7. The van der Waals surface area contributed by atoms with Gasteiger partial charge in [0.15, 0.2) is 6.29 Å². The van der Waals surface area contributed by atoms with E-state index in [-0.39, 0.29) is 12.5 Å². The second kappa shape index (κ2) is 30.7. The number of carbonyl (C=O) groups excluding carboxylic acids is 1. The van der Waals surface area contributed by atoms with Crippen molar-refractivity contribution in [1.82, 2.24) is 5.32 Å². The van der Waals surface area contributed by atoms with Gasteiger partial charge in [-0.1, -0.05) is 161 Å². The zero-order valence-corrected chi connectivity index (χ0v) is 30.7. The van der Waals surface area contributed by atoms with Crippen molar-refractivity contribution in [2.45, 2.75) is 217 Å². The first kappa shape index (κ1) is 45.0. The Morgan fingerprint density at radius 1 is 0.688 bits per heavy atom. The summed E-state index contributed by atoms with van der Waals surface area (Å²) in [7, 11) is 0. The van der Waals surface area contributed by atoms with E-state index < -0.39 is 49.5 Å². The van der Waals surface area contributed by atoms with Gasteiger partial charge in [0.2, 0.25) is 5.91 Å². The van der Waals surface area contributed by atoms with E-state index in [2.05, 4.69) is 19.2 Å². The number of rotatable bonds is 32. The first-order valence-corrected chi connectivity index (χ1v) is 19.9. The van der Waals surface area contributed by atoms with Crippen LogP contribution in [0.25, 0.3) is 0 Å². The molecule has 48 heavy (non-hydrogen) atoms. The van der Waals surface area contributed by atoms with Crippen LogP contribution in [0.1, 0.15) is 174 Å². The molecule has 284 valence electrons. The molecule has 2 unspecified atom stereocenters. The van der Waals surface area contributed by atoms with E-state index >= 15 is 0 Å². The Balaban J connectivity index is 2.38. The summed E-state index contributed by atoms with van der Waals surface area (Å²) in [5.41, 5.74) is 0. The van der Waals surface area contributed by atoms with E-state index in [0.717, 1.165) is 38.5 Å². The molecule has 0 aliphatic carbocycles. The molecule has 1 amide bonds. The molecule has 1 fully saturated rings. The van der Waals surface area contributed by atoms with Gasteiger partial charge in [0.1, 0.15) is 24.4 Å². The van der Waals surface area contributed by atoms with Crippen molar-refractivity contribution in [2.24, 2.45) is 0 Å². The second-order valence-electron chi connectivity index (χ2n) is 14.1. The van der Waals surface area contributed by atoms with Gasteiger partial charge in [-0.2, -0.15) is 0 Å². The van der Waals surface area contributed by atoms with Crippen molar-refractivity contribution in [3.63, 3.8) is 0 Å². The van der Waals surface area contributed by atoms with Crippen molar-refractivity contribution >= 4 is 5.91 Å². The molecule has 1 saturated heterocycles. The molecule has 1 heterocycles. The SMILES string of the molecule is CCCCCCCCC/C=C/[C@@H](O)[C@H](CO[C@@H]1O[C@H](CO)[C@@H](O)C(O)C1O)NC(=O)CCCCCCCCCCCCCCCCCC. The minimum Gasteiger partial charge on any atom is -0.394 e. The molecule has 0 aromatic carbocycles. The summed E-state index contributed by atoms with van der Waals surface area (Å²) in [5, 5.41) is 53.8. The molecular formula is C39H75NO8. The van der Waals surface area contributed by atoms with Crippen molar-refractivity contribution in [3.05, 3.63) is 12.2 Å². The number of hydrogen-bond acceptors (Lipinski definition) is 8. The number of carbonyl (C=O) groups is 1. The lowest BCUT2D eigenvalue weighted by Gasteiger charge is -2.40. The van der Waals surface area contributed by atoms with Gasteiger partial charge < -0.3 is 40.3 Å². The van der Waals surface area contributed by atoms with Crippen LogP contribution in [-0.2, 0) is 14.3 Å². The van der Waals surface area contributed by atoms with Crippen molar-refractivity contribution in [2.75, 3.05) is 13.2 Å². The van der Waals surface area contributed by atoms with Gasteiger partial charge in [0.05, 0.1) is 25.4 Å². The van der Waals surface area contributed by atoms with E-state index in [4.69, 9.17) is 9.47 Å². The fraction of sp³-hybridized carbons (Fsp3) is 0.923. The summed E-state index contributed by atoms with van der Waals surface area (Å²) in [5.74, 6) is -0.178.